The van der Waals surface area contributed by atoms with Crippen molar-refractivity contribution in [3.8, 4) is 0 Å². The summed E-state index contributed by atoms with van der Waals surface area (Å²) < 4.78 is 5.39. The van der Waals surface area contributed by atoms with Gasteiger partial charge in [-0.3, -0.25) is 4.98 Å². The number of anilines is 3. The quantitative estimate of drug-likeness (QED) is 0.784. The van der Waals surface area contributed by atoms with Gasteiger partial charge < -0.3 is 20.3 Å². The fraction of sp³-hybridized carbons (Fsp3) is 0.471. The molecule has 2 N–H and O–H groups in total. The van der Waals surface area contributed by atoms with Crippen molar-refractivity contribution in [2.24, 2.45) is 0 Å². The first kappa shape index (κ1) is 16.4. The summed E-state index contributed by atoms with van der Waals surface area (Å²) in [6, 6.07) is 3.96. The molecule has 1 fully saturated rings. The number of pyridine rings is 1. The fourth-order valence-electron chi connectivity index (χ4n) is 2.61. The molecule has 0 unspecified atom stereocenters. The monoisotopic (exact) mass is 328 g/mol. The molecule has 0 aliphatic carbocycles. The second kappa shape index (κ2) is 7.92. The minimum absolute atomic E-state index is 0.731. The van der Waals surface area contributed by atoms with Crippen LogP contribution in [-0.2, 0) is 4.74 Å². The van der Waals surface area contributed by atoms with Gasteiger partial charge in [0.25, 0.3) is 0 Å². The van der Waals surface area contributed by atoms with Gasteiger partial charge in [-0.15, -0.1) is 0 Å². The average Bonchev–Trinajstić information content (AvgIpc) is 2.60. The summed E-state index contributed by atoms with van der Waals surface area (Å²) in [5.74, 6) is 1.64. The van der Waals surface area contributed by atoms with Crippen LogP contribution >= 0.6 is 0 Å². The summed E-state index contributed by atoms with van der Waals surface area (Å²) >= 11 is 0. The molecule has 2 aromatic heterocycles. The van der Waals surface area contributed by atoms with Gasteiger partial charge in [-0.25, -0.2) is 4.98 Å². The van der Waals surface area contributed by atoms with Crippen molar-refractivity contribution in [1.29, 1.82) is 0 Å². The Morgan fingerprint density at radius 3 is 2.71 bits per heavy atom. The molecule has 128 valence electrons. The number of rotatable bonds is 6. The van der Waals surface area contributed by atoms with E-state index in [0.29, 0.717) is 0 Å². The highest BCUT2D eigenvalue weighted by Gasteiger charge is 2.14. The van der Waals surface area contributed by atoms with Gasteiger partial charge in [0.15, 0.2) is 0 Å². The lowest BCUT2D eigenvalue weighted by atomic mass is 10.2. The Labute approximate surface area is 142 Å². The van der Waals surface area contributed by atoms with E-state index in [1.165, 1.54) is 0 Å². The zero-order valence-electron chi connectivity index (χ0n) is 14.2. The number of ether oxygens (including phenoxy) is 1. The largest absolute Gasteiger partial charge is 0.383 e. The van der Waals surface area contributed by atoms with Crippen LogP contribution in [0.15, 0.2) is 24.5 Å². The van der Waals surface area contributed by atoms with Crippen LogP contribution in [0.25, 0.3) is 0 Å². The van der Waals surface area contributed by atoms with Gasteiger partial charge in [0.1, 0.15) is 5.82 Å². The normalized spacial score (nSPS) is 14.5. The molecule has 7 nitrogen and oxygen atoms in total. The lowest BCUT2D eigenvalue weighted by molar-refractivity contribution is 0.122. The van der Waals surface area contributed by atoms with Crippen molar-refractivity contribution in [2.75, 3.05) is 54.9 Å². The van der Waals surface area contributed by atoms with Crippen molar-refractivity contribution in [3.63, 3.8) is 0 Å². The summed E-state index contributed by atoms with van der Waals surface area (Å²) in [5.41, 5.74) is 3.22. The molecular weight excluding hydrogens is 304 g/mol. The van der Waals surface area contributed by atoms with Gasteiger partial charge >= 0.3 is 0 Å². The highest BCUT2D eigenvalue weighted by Crippen LogP contribution is 2.15. The molecule has 0 bridgehead atoms. The van der Waals surface area contributed by atoms with Gasteiger partial charge in [-0.05, 0) is 25.5 Å². The fourth-order valence-corrected chi connectivity index (χ4v) is 2.61. The Balaban J connectivity index is 1.55. The maximum Gasteiger partial charge on any atom is 0.227 e. The van der Waals surface area contributed by atoms with Crippen LogP contribution in [0.3, 0.4) is 0 Å². The molecule has 0 radical (unpaired) electrons. The summed E-state index contributed by atoms with van der Waals surface area (Å²) in [7, 11) is 0. The van der Waals surface area contributed by atoms with Gasteiger partial charge in [0, 0.05) is 56.0 Å². The molecule has 7 heteroatoms. The smallest absolute Gasteiger partial charge is 0.227 e. The molecule has 1 aliphatic rings. The first-order chi connectivity index (χ1) is 11.7. The van der Waals surface area contributed by atoms with Crippen molar-refractivity contribution in [1.82, 2.24) is 15.0 Å². The van der Waals surface area contributed by atoms with E-state index in [-0.39, 0.29) is 0 Å². The maximum atomic E-state index is 5.39. The zero-order valence-corrected chi connectivity index (χ0v) is 14.2. The molecule has 0 atom stereocenters. The van der Waals surface area contributed by atoms with Gasteiger partial charge in [-0.2, -0.15) is 4.98 Å². The molecule has 0 amide bonds. The number of aromatic nitrogens is 3. The van der Waals surface area contributed by atoms with Crippen LogP contribution < -0.4 is 15.5 Å². The topological polar surface area (TPSA) is 75.2 Å². The Hall–Kier alpha value is -2.41. The third-order valence-corrected chi connectivity index (χ3v) is 3.90. The van der Waals surface area contributed by atoms with Gasteiger partial charge in [-0.1, -0.05) is 0 Å². The minimum atomic E-state index is 0.731. The molecule has 1 saturated heterocycles. The molecule has 3 heterocycles. The molecule has 2 aromatic rings. The summed E-state index contributed by atoms with van der Waals surface area (Å²) in [6.07, 6.45) is 3.66. The van der Waals surface area contributed by atoms with Crippen LogP contribution in [0.5, 0.6) is 0 Å². The number of morpholine rings is 1. The lowest BCUT2D eigenvalue weighted by Crippen LogP contribution is -2.37. The number of nitrogens with zero attached hydrogens (tertiary/aromatic N) is 4. The molecular formula is C17H24N6O. The third-order valence-electron chi connectivity index (χ3n) is 3.90. The highest BCUT2D eigenvalue weighted by molar-refractivity contribution is 5.49. The molecule has 3 rings (SSSR count). The van der Waals surface area contributed by atoms with Crippen LogP contribution in [0.2, 0.25) is 0 Å². The zero-order chi connectivity index (χ0) is 16.8. The first-order valence-corrected chi connectivity index (χ1v) is 8.29. The Morgan fingerprint density at radius 1 is 1.12 bits per heavy atom. The van der Waals surface area contributed by atoms with Gasteiger partial charge in [0.05, 0.1) is 13.2 Å². The predicted molar refractivity (Wildman–Crippen MR) is 95.8 cm³/mol. The minimum Gasteiger partial charge on any atom is -0.383 e. The number of nitrogens with one attached hydrogen (secondary N) is 2. The van der Waals surface area contributed by atoms with E-state index in [0.717, 1.165) is 68.1 Å². The standard InChI is InChI=1S/C17H24N6O/c1-13-12-18-4-3-15(13)19-5-6-20-16-11-14(2)21-17(22-16)23-7-9-24-10-8-23/h3-4,11-12H,5-10H2,1-2H3,(H,18,19)(H,20,21,22). The van der Waals surface area contributed by atoms with Crippen LogP contribution in [0.4, 0.5) is 17.5 Å². The molecule has 0 saturated carbocycles. The van der Waals surface area contributed by atoms with Crippen molar-refractivity contribution in [2.45, 2.75) is 13.8 Å². The molecule has 0 spiro atoms. The van der Waals surface area contributed by atoms with Crippen LogP contribution in [-0.4, -0.2) is 54.3 Å². The van der Waals surface area contributed by atoms with Crippen molar-refractivity contribution >= 4 is 17.5 Å². The maximum absolute atomic E-state index is 5.39. The number of hydrogen-bond donors (Lipinski definition) is 2. The van der Waals surface area contributed by atoms with Crippen molar-refractivity contribution < 1.29 is 4.74 Å². The van der Waals surface area contributed by atoms with Crippen molar-refractivity contribution in [3.05, 3.63) is 35.8 Å². The van der Waals surface area contributed by atoms with E-state index in [1.807, 2.05) is 32.2 Å². The Kier molecular flexibility index (Phi) is 5.43. The molecule has 24 heavy (non-hydrogen) atoms. The lowest BCUT2D eigenvalue weighted by Gasteiger charge is -2.27. The van der Waals surface area contributed by atoms with E-state index in [9.17, 15) is 0 Å². The third kappa shape index (κ3) is 4.32. The Morgan fingerprint density at radius 2 is 1.92 bits per heavy atom. The van der Waals surface area contributed by atoms with E-state index in [4.69, 9.17) is 4.74 Å². The number of aryl methyl sites for hydroxylation is 2. The highest BCUT2D eigenvalue weighted by atomic mass is 16.5. The van der Waals surface area contributed by atoms with E-state index in [1.54, 1.807) is 6.20 Å². The van der Waals surface area contributed by atoms with E-state index >= 15 is 0 Å². The summed E-state index contributed by atoms with van der Waals surface area (Å²) in [5, 5.41) is 6.77. The number of hydrogen-bond acceptors (Lipinski definition) is 7. The van der Waals surface area contributed by atoms with E-state index in [2.05, 4.69) is 30.5 Å². The van der Waals surface area contributed by atoms with Gasteiger partial charge in [0.2, 0.25) is 5.95 Å². The van der Waals surface area contributed by atoms with E-state index < -0.39 is 0 Å². The summed E-state index contributed by atoms with van der Waals surface area (Å²) in [4.78, 5) is 15.4. The summed E-state index contributed by atoms with van der Waals surface area (Å²) in [6.45, 7) is 8.77. The Bertz CT molecular complexity index is 672. The average molecular weight is 328 g/mol. The molecule has 1 aliphatic heterocycles. The molecule has 0 aromatic carbocycles. The van der Waals surface area contributed by atoms with Crippen LogP contribution in [0, 0.1) is 13.8 Å². The second-order valence-electron chi connectivity index (χ2n) is 5.84. The second-order valence-corrected chi connectivity index (χ2v) is 5.84. The van der Waals surface area contributed by atoms with Crippen LogP contribution in [0.1, 0.15) is 11.3 Å². The first-order valence-electron chi connectivity index (χ1n) is 8.29. The SMILES string of the molecule is Cc1cc(NCCNc2ccncc2C)nc(N2CCOCC2)n1. The predicted octanol–water partition coefficient (Wildman–Crippen LogP) is 1.85.